The van der Waals surface area contributed by atoms with Gasteiger partial charge in [0, 0.05) is 30.0 Å². The van der Waals surface area contributed by atoms with Gasteiger partial charge in [-0.2, -0.15) is 0 Å². The minimum absolute atomic E-state index is 0.0633. The first kappa shape index (κ1) is 22.8. The molecule has 1 fully saturated rings. The van der Waals surface area contributed by atoms with Gasteiger partial charge < -0.3 is 20.5 Å². The number of hydrogen-bond acceptors (Lipinski definition) is 6. The maximum absolute atomic E-state index is 14.9. The van der Waals surface area contributed by atoms with Crippen LogP contribution in [0.15, 0.2) is 41.5 Å². The van der Waals surface area contributed by atoms with Gasteiger partial charge in [-0.05, 0) is 37.3 Å². The molecule has 4 rings (SSSR count). The number of carbonyl (C=O) groups is 1. The molecule has 0 spiro atoms. The summed E-state index contributed by atoms with van der Waals surface area (Å²) in [6.07, 6.45) is -1.13. The summed E-state index contributed by atoms with van der Waals surface area (Å²) < 4.78 is 68.1. The number of amidine groups is 1. The van der Waals surface area contributed by atoms with Gasteiger partial charge in [-0.15, -0.1) is 0 Å². The minimum Gasteiger partial charge on any atom is -0.492 e. The Labute approximate surface area is 187 Å². The number of rotatable bonds is 6. The fourth-order valence-corrected chi connectivity index (χ4v) is 4.39. The Morgan fingerprint density at radius 2 is 2.09 bits per heavy atom. The molecule has 1 aliphatic carbocycles. The Balaban J connectivity index is 1.66. The van der Waals surface area contributed by atoms with Crippen LogP contribution in [-0.2, 0) is 10.3 Å². The van der Waals surface area contributed by atoms with E-state index in [2.05, 4.69) is 15.3 Å². The number of aliphatic imine (C=N–C) groups is 1. The van der Waals surface area contributed by atoms with Gasteiger partial charge in [0.2, 0.25) is 0 Å². The first-order chi connectivity index (χ1) is 15.7. The predicted molar refractivity (Wildman–Crippen MR) is 112 cm³/mol. The summed E-state index contributed by atoms with van der Waals surface area (Å²) in [4.78, 5) is 20.6. The molecule has 176 valence electrons. The number of hydrogen-bond donors (Lipinski definition) is 2. The zero-order chi connectivity index (χ0) is 23.8. The lowest BCUT2D eigenvalue weighted by Gasteiger charge is -2.40. The second-order valence-corrected chi connectivity index (χ2v) is 8.00. The zero-order valence-corrected chi connectivity index (χ0v) is 17.7. The SMILES string of the molecule is CCOc1ccc(C(=O)Nc2ccc(F)c([C@@]3(CF)N=C(N)O[C@@H]4CC(F)(F)C[C@@H]43)c2)nc1. The summed E-state index contributed by atoms with van der Waals surface area (Å²) in [5.74, 6) is -5.25. The average Bonchev–Trinajstić information content (AvgIpc) is 3.09. The molecule has 0 bridgehead atoms. The Hall–Kier alpha value is -3.37. The van der Waals surface area contributed by atoms with Crippen molar-refractivity contribution in [3.05, 3.63) is 53.6 Å². The number of halogens is 4. The maximum atomic E-state index is 14.9. The second kappa shape index (κ2) is 8.53. The minimum atomic E-state index is -3.13. The molecular weight excluding hydrogens is 444 g/mol. The van der Waals surface area contributed by atoms with Crippen LogP contribution in [0.2, 0.25) is 0 Å². The van der Waals surface area contributed by atoms with Gasteiger partial charge >= 0.3 is 0 Å². The van der Waals surface area contributed by atoms with Crippen LogP contribution in [0.4, 0.5) is 23.2 Å². The van der Waals surface area contributed by atoms with Crippen molar-refractivity contribution in [3.8, 4) is 5.75 Å². The Morgan fingerprint density at radius 1 is 1.30 bits per heavy atom. The number of fused-ring (bicyclic) bond motifs is 1. The molecule has 1 aromatic heterocycles. The number of benzene rings is 1. The molecule has 2 aliphatic rings. The molecule has 11 heteroatoms. The van der Waals surface area contributed by atoms with E-state index in [9.17, 15) is 22.4 Å². The monoisotopic (exact) mass is 466 g/mol. The molecule has 2 aromatic rings. The highest BCUT2D eigenvalue weighted by atomic mass is 19.3. The molecule has 0 radical (unpaired) electrons. The van der Waals surface area contributed by atoms with Gasteiger partial charge in [0.25, 0.3) is 17.9 Å². The number of pyridine rings is 1. The third-order valence-electron chi connectivity index (χ3n) is 5.84. The number of nitrogens with two attached hydrogens (primary N) is 1. The van der Waals surface area contributed by atoms with E-state index < -0.39 is 60.7 Å². The Kier molecular flexibility index (Phi) is 5.89. The van der Waals surface area contributed by atoms with Gasteiger partial charge in [0.15, 0.2) is 0 Å². The van der Waals surface area contributed by atoms with Crippen LogP contribution >= 0.6 is 0 Å². The lowest BCUT2D eigenvalue weighted by Crippen LogP contribution is -2.48. The van der Waals surface area contributed by atoms with E-state index in [0.717, 1.165) is 6.07 Å². The van der Waals surface area contributed by atoms with Gasteiger partial charge in [-0.1, -0.05) is 0 Å². The maximum Gasteiger partial charge on any atom is 0.283 e. The van der Waals surface area contributed by atoms with Crippen LogP contribution in [0, 0.1) is 11.7 Å². The fraction of sp³-hybridized carbons (Fsp3) is 0.409. The third-order valence-corrected chi connectivity index (χ3v) is 5.84. The first-order valence-electron chi connectivity index (χ1n) is 10.3. The smallest absolute Gasteiger partial charge is 0.283 e. The molecular formula is C22H22F4N4O3. The van der Waals surface area contributed by atoms with E-state index >= 15 is 0 Å². The summed E-state index contributed by atoms with van der Waals surface area (Å²) in [5.41, 5.74) is 3.53. The van der Waals surface area contributed by atoms with Crippen molar-refractivity contribution in [2.24, 2.45) is 16.6 Å². The van der Waals surface area contributed by atoms with Gasteiger partial charge in [0.05, 0.1) is 12.8 Å². The first-order valence-corrected chi connectivity index (χ1v) is 10.3. The molecule has 1 saturated carbocycles. The van der Waals surface area contributed by atoms with Crippen LogP contribution in [0.3, 0.4) is 0 Å². The van der Waals surface area contributed by atoms with Crippen molar-refractivity contribution in [2.45, 2.75) is 37.3 Å². The van der Waals surface area contributed by atoms with E-state index in [1.165, 1.54) is 24.4 Å². The quantitative estimate of drug-likeness (QED) is 0.631. The Morgan fingerprint density at radius 3 is 2.76 bits per heavy atom. The molecule has 3 atom stereocenters. The molecule has 0 unspecified atom stereocenters. The summed E-state index contributed by atoms with van der Waals surface area (Å²) in [6, 6.07) is 5.99. The van der Waals surface area contributed by atoms with Crippen molar-refractivity contribution in [3.63, 3.8) is 0 Å². The largest absolute Gasteiger partial charge is 0.492 e. The highest BCUT2D eigenvalue weighted by Crippen LogP contribution is 2.53. The Bertz CT molecular complexity index is 1080. The highest BCUT2D eigenvalue weighted by Gasteiger charge is 2.60. The molecule has 3 N–H and O–H groups in total. The van der Waals surface area contributed by atoms with E-state index in [1.54, 1.807) is 6.07 Å². The number of anilines is 1. The summed E-state index contributed by atoms with van der Waals surface area (Å²) in [5, 5.41) is 2.55. The van der Waals surface area contributed by atoms with Gasteiger partial charge in [-0.25, -0.2) is 27.5 Å². The number of nitrogens with zero attached hydrogens (tertiary/aromatic N) is 2. The zero-order valence-electron chi connectivity index (χ0n) is 17.7. The van der Waals surface area contributed by atoms with Crippen LogP contribution < -0.4 is 15.8 Å². The molecule has 1 aliphatic heterocycles. The molecule has 33 heavy (non-hydrogen) atoms. The third kappa shape index (κ3) is 4.31. The lowest BCUT2D eigenvalue weighted by molar-refractivity contribution is -0.00299. The number of amides is 1. The van der Waals surface area contributed by atoms with Crippen LogP contribution in [0.25, 0.3) is 0 Å². The van der Waals surface area contributed by atoms with Crippen molar-refractivity contribution < 1.29 is 31.8 Å². The molecule has 2 heterocycles. The van der Waals surface area contributed by atoms with E-state index in [4.69, 9.17) is 15.2 Å². The van der Waals surface area contributed by atoms with Gasteiger partial charge in [-0.3, -0.25) is 4.79 Å². The van der Waals surface area contributed by atoms with E-state index in [1.807, 2.05) is 6.92 Å². The summed E-state index contributed by atoms with van der Waals surface area (Å²) in [7, 11) is 0. The van der Waals surface area contributed by atoms with Crippen LogP contribution in [0.1, 0.15) is 35.8 Å². The molecule has 7 nitrogen and oxygen atoms in total. The summed E-state index contributed by atoms with van der Waals surface area (Å²) >= 11 is 0. The predicted octanol–water partition coefficient (Wildman–Crippen LogP) is 3.80. The van der Waals surface area contributed by atoms with Crippen LogP contribution in [0.5, 0.6) is 5.75 Å². The molecule has 1 aromatic carbocycles. The van der Waals surface area contributed by atoms with Crippen molar-refractivity contribution in [2.75, 3.05) is 18.6 Å². The number of ether oxygens (including phenoxy) is 2. The van der Waals surface area contributed by atoms with E-state index in [-0.39, 0.29) is 16.9 Å². The van der Waals surface area contributed by atoms with E-state index in [0.29, 0.717) is 12.4 Å². The molecule has 0 saturated heterocycles. The number of nitrogens with one attached hydrogen (secondary N) is 1. The van der Waals surface area contributed by atoms with Crippen molar-refractivity contribution in [1.82, 2.24) is 4.98 Å². The number of alkyl halides is 3. The second-order valence-electron chi connectivity index (χ2n) is 8.00. The summed E-state index contributed by atoms with van der Waals surface area (Å²) in [6.45, 7) is 0.971. The highest BCUT2D eigenvalue weighted by molar-refractivity contribution is 6.02. The average molecular weight is 466 g/mol. The van der Waals surface area contributed by atoms with Crippen molar-refractivity contribution >= 4 is 17.6 Å². The van der Waals surface area contributed by atoms with Crippen LogP contribution in [-0.4, -0.2) is 42.2 Å². The molecule has 1 amide bonds. The normalized spacial score (nSPS) is 25.5. The number of aromatic nitrogens is 1. The lowest BCUT2D eigenvalue weighted by atomic mass is 9.76. The number of carbonyl (C=O) groups excluding carboxylic acids is 1. The standard InChI is InChI=1S/C22H22F4N4O3/c1-2-32-13-4-6-17(28-10-13)19(31)29-12-3-5-16(24)14(7-12)22(11-23)15-8-21(25,26)9-18(15)33-20(27)30-22/h3-7,10,15,18H,2,8-9,11H2,1H3,(H2,27,30)(H,29,31)/t15-,18+,22+/m0/s1. The van der Waals surface area contributed by atoms with Crippen molar-refractivity contribution in [1.29, 1.82) is 0 Å². The van der Waals surface area contributed by atoms with Gasteiger partial charge in [0.1, 0.15) is 35.6 Å². The fourth-order valence-electron chi connectivity index (χ4n) is 4.39. The topological polar surface area (TPSA) is 98.8 Å².